The number of carboxylic acid groups (broad SMARTS) is 1. The first-order chi connectivity index (χ1) is 17.9. The Morgan fingerprint density at radius 2 is 1.65 bits per heavy atom. The first kappa shape index (κ1) is 27.5. The van der Waals surface area contributed by atoms with Crippen molar-refractivity contribution in [3.05, 3.63) is 89.5 Å². The summed E-state index contributed by atoms with van der Waals surface area (Å²) in [5.74, 6) is -0.0602. The molecule has 0 radical (unpaired) electrons. The molecule has 3 aromatic carbocycles. The Kier molecular flexibility index (Phi) is 10.3. The monoisotopic (exact) mass is 498 g/mol. The molecule has 6 heteroatoms. The van der Waals surface area contributed by atoms with Crippen LogP contribution in [-0.2, 0) is 17.8 Å². The Morgan fingerprint density at radius 3 is 2.35 bits per heavy atom. The summed E-state index contributed by atoms with van der Waals surface area (Å²) >= 11 is 0. The lowest BCUT2D eigenvalue weighted by atomic mass is 10.0. The molecule has 192 valence electrons. The highest BCUT2D eigenvalue weighted by Gasteiger charge is 2.19. The molecule has 0 bridgehead atoms. The average Bonchev–Trinajstić information content (AvgIpc) is 2.89. The summed E-state index contributed by atoms with van der Waals surface area (Å²) in [7, 11) is 0. The number of nitrogens with zero attached hydrogens (tertiary/aromatic N) is 2. The molecule has 0 unspecified atom stereocenters. The molecular weight excluding hydrogens is 464 g/mol. The molecule has 0 aliphatic heterocycles. The molecule has 3 rings (SSSR count). The Hall–Kier alpha value is -4.11. The smallest absolute Gasteiger partial charge is 0.303 e. The molecule has 0 saturated heterocycles. The highest BCUT2D eigenvalue weighted by atomic mass is 16.5. The van der Waals surface area contributed by atoms with Crippen molar-refractivity contribution < 1.29 is 19.4 Å². The van der Waals surface area contributed by atoms with E-state index in [0.717, 1.165) is 40.8 Å². The highest BCUT2D eigenvalue weighted by molar-refractivity contribution is 5.95. The molecule has 1 N–H and O–H groups in total. The van der Waals surface area contributed by atoms with Crippen molar-refractivity contribution in [2.45, 2.75) is 58.5 Å². The van der Waals surface area contributed by atoms with Gasteiger partial charge in [-0.2, -0.15) is 5.26 Å². The van der Waals surface area contributed by atoms with Gasteiger partial charge in [0.1, 0.15) is 5.75 Å². The topological polar surface area (TPSA) is 90.6 Å². The van der Waals surface area contributed by atoms with E-state index < -0.39 is 5.97 Å². The van der Waals surface area contributed by atoms with E-state index in [0.29, 0.717) is 31.6 Å². The fourth-order valence-corrected chi connectivity index (χ4v) is 4.09. The molecule has 0 aromatic heterocycles. The van der Waals surface area contributed by atoms with Crippen LogP contribution in [0.1, 0.15) is 61.0 Å². The number of unbranched alkanes of at least 4 members (excludes halogenated alkanes) is 2. The standard InChI is InChI=1S/C31H34N2O4/c1-23(2)33(22-25-9-7-11-29(21-25)37-19-5-3-4-12-30(34)35)31(36)27-15-13-26(14-16-27)28-10-6-8-24(20-28)17-18-32/h6-11,13-16,20-21,23H,3-5,12,17,19,22H2,1-2H3,(H,34,35). The van der Waals surface area contributed by atoms with Gasteiger partial charge in [-0.25, -0.2) is 0 Å². The predicted molar refractivity (Wildman–Crippen MR) is 144 cm³/mol. The lowest BCUT2D eigenvalue weighted by molar-refractivity contribution is -0.137. The Morgan fingerprint density at radius 1 is 0.919 bits per heavy atom. The Balaban J connectivity index is 1.63. The fraction of sp³-hybridized carbons (Fsp3) is 0.323. The molecular formula is C31H34N2O4. The van der Waals surface area contributed by atoms with Gasteiger partial charge in [-0.15, -0.1) is 0 Å². The second-order valence-corrected chi connectivity index (χ2v) is 9.34. The van der Waals surface area contributed by atoms with Crippen LogP contribution in [0.4, 0.5) is 0 Å². The zero-order valence-electron chi connectivity index (χ0n) is 21.5. The number of benzene rings is 3. The first-order valence-corrected chi connectivity index (χ1v) is 12.7. The molecule has 0 aliphatic rings. The van der Waals surface area contributed by atoms with E-state index in [9.17, 15) is 9.59 Å². The van der Waals surface area contributed by atoms with Gasteiger partial charge in [-0.05, 0) is 79.6 Å². The number of carbonyl (C=O) groups is 2. The third-order valence-corrected chi connectivity index (χ3v) is 6.11. The van der Waals surface area contributed by atoms with Gasteiger partial charge in [0, 0.05) is 24.6 Å². The second kappa shape index (κ2) is 13.8. The van der Waals surface area contributed by atoms with Crippen molar-refractivity contribution in [3.63, 3.8) is 0 Å². The van der Waals surface area contributed by atoms with Gasteiger partial charge in [0.25, 0.3) is 5.91 Å². The number of nitriles is 1. The number of hydrogen-bond donors (Lipinski definition) is 1. The maximum atomic E-state index is 13.4. The van der Waals surface area contributed by atoms with Gasteiger partial charge in [-0.1, -0.05) is 48.5 Å². The van der Waals surface area contributed by atoms with Gasteiger partial charge >= 0.3 is 5.97 Å². The Labute approximate surface area is 219 Å². The van der Waals surface area contributed by atoms with Gasteiger partial charge in [-0.3, -0.25) is 9.59 Å². The minimum atomic E-state index is -0.768. The zero-order chi connectivity index (χ0) is 26.6. The van der Waals surface area contributed by atoms with Crippen molar-refractivity contribution in [1.82, 2.24) is 4.90 Å². The first-order valence-electron chi connectivity index (χ1n) is 12.7. The van der Waals surface area contributed by atoms with Crippen molar-refractivity contribution in [3.8, 4) is 22.9 Å². The molecule has 1 amide bonds. The number of hydrogen-bond acceptors (Lipinski definition) is 4. The maximum absolute atomic E-state index is 13.4. The summed E-state index contributed by atoms with van der Waals surface area (Å²) in [4.78, 5) is 25.8. The summed E-state index contributed by atoms with van der Waals surface area (Å²) < 4.78 is 5.85. The predicted octanol–water partition coefficient (Wildman–Crippen LogP) is 6.49. The van der Waals surface area contributed by atoms with E-state index >= 15 is 0 Å². The van der Waals surface area contributed by atoms with Crippen LogP contribution in [0.3, 0.4) is 0 Å². The van der Waals surface area contributed by atoms with Gasteiger partial charge in [0.05, 0.1) is 19.1 Å². The summed E-state index contributed by atoms with van der Waals surface area (Å²) in [6.45, 7) is 5.00. The average molecular weight is 499 g/mol. The van der Waals surface area contributed by atoms with E-state index in [2.05, 4.69) is 6.07 Å². The molecule has 3 aromatic rings. The normalized spacial score (nSPS) is 10.6. The van der Waals surface area contributed by atoms with Crippen LogP contribution < -0.4 is 4.74 Å². The fourth-order valence-electron chi connectivity index (χ4n) is 4.09. The molecule has 37 heavy (non-hydrogen) atoms. The minimum absolute atomic E-state index is 0.00801. The SMILES string of the molecule is CC(C)N(Cc1cccc(OCCCCCC(=O)O)c1)C(=O)c1ccc(-c2cccc(CC#N)c2)cc1. The molecule has 0 heterocycles. The van der Waals surface area contributed by atoms with Crippen molar-refractivity contribution in [2.24, 2.45) is 0 Å². The summed E-state index contributed by atoms with van der Waals surface area (Å²) in [5, 5.41) is 17.7. The van der Waals surface area contributed by atoms with Crippen molar-refractivity contribution in [2.75, 3.05) is 6.61 Å². The number of amides is 1. The number of carboxylic acids is 1. The lowest BCUT2D eigenvalue weighted by Crippen LogP contribution is -2.36. The number of rotatable bonds is 13. The van der Waals surface area contributed by atoms with Crippen LogP contribution in [0, 0.1) is 11.3 Å². The Bertz CT molecular complexity index is 1230. The molecule has 0 saturated carbocycles. The van der Waals surface area contributed by atoms with Gasteiger partial charge in [0.2, 0.25) is 0 Å². The number of aliphatic carboxylic acids is 1. The molecule has 0 aliphatic carbocycles. The van der Waals surface area contributed by atoms with Crippen LogP contribution in [-0.4, -0.2) is 34.5 Å². The molecule has 0 fully saturated rings. The van der Waals surface area contributed by atoms with Crippen LogP contribution in [0.15, 0.2) is 72.8 Å². The van der Waals surface area contributed by atoms with E-state index in [1.165, 1.54) is 0 Å². The second-order valence-electron chi connectivity index (χ2n) is 9.34. The summed E-state index contributed by atoms with van der Waals surface area (Å²) in [6, 6.07) is 25.4. The third kappa shape index (κ3) is 8.50. The van der Waals surface area contributed by atoms with E-state index in [4.69, 9.17) is 15.1 Å². The number of ether oxygens (including phenoxy) is 1. The van der Waals surface area contributed by atoms with E-state index in [1.807, 2.05) is 91.5 Å². The van der Waals surface area contributed by atoms with Crippen LogP contribution in [0.2, 0.25) is 0 Å². The van der Waals surface area contributed by atoms with E-state index in [-0.39, 0.29) is 18.4 Å². The van der Waals surface area contributed by atoms with Crippen molar-refractivity contribution >= 4 is 11.9 Å². The van der Waals surface area contributed by atoms with Crippen LogP contribution in [0.25, 0.3) is 11.1 Å². The summed E-state index contributed by atoms with van der Waals surface area (Å²) in [5.41, 5.74) is 4.60. The molecule has 6 nitrogen and oxygen atoms in total. The van der Waals surface area contributed by atoms with E-state index in [1.54, 1.807) is 0 Å². The molecule has 0 spiro atoms. The van der Waals surface area contributed by atoms with Crippen LogP contribution >= 0.6 is 0 Å². The third-order valence-electron chi connectivity index (χ3n) is 6.11. The maximum Gasteiger partial charge on any atom is 0.303 e. The quantitative estimate of drug-likeness (QED) is 0.272. The lowest BCUT2D eigenvalue weighted by Gasteiger charge is -2.27. The van der Waals surface area contributed by atoms with Crippen molar-refractivity contribution in [1.29, 1.82) is 5.26 Å². The minimum Gasteiger partial charge on any atom is -0.494 e. The van der Waals surface area contributed by atoms with Gasteiger partial charge in [0.15, 0.2) is 0 Å². The van der Waals surface area contributed by atoms with Crippen LogP contribution in [0.5, 0.6) is 5.75 Å². The van der Waals surface area contributed by atoms with Gasteiger partial charge < -0.3 is 14.7 Å². The number of carbonyl (C=O) groups excluding carboxylic acids is 1. The molecule has 0 atom stereocenters. The highest BCUT2D eigenvalue weighted by Crippen LogP contribution is 2.23. The largest absolute Gasteiger partial charge is 0.494 e. The zero-order valence-corrected chi connectivity index (χ0v) is 21.5. The summed E-state index contributed by atoms with van der Waals surface area (Å²) in [6.07, 6.45) is 2.82.